The van der Waals surface area contributed by atoms with Crippen LogP contribution in [0.3, 0.4) is 0 Å². The minimum atomic E-state index is -0.319. The number of carbonyl (C=O) groups is 1. The van der Waals surface area contributed by atoms with Crippen LogP contribution in [0.4, 0.5) is 15.8 Å². The Labute approximate surface area is 189 Å². The number of likely N-dealkylation sites (tertiary alicyclic amines) is 1. The molecule has 0 aromatic heterocycles. The summed E-state index contributed by atoms with van der Waals surface area (Å²) in [5, 5.41) is 0. The van der Waals surface area contributed by atoms with Gasteiger partial charge in [-0.25, -0.2) is 4.39 Å². The van der Waals surface area contributed by atoms with Crippen LogP contribution < -0.4 is 9.80 Å². The molecule has 3 atom stereocenters. The first-order valence-corrected chi connectivity index (χ1v) is 11.8. The molecule has 1 fully saturated rings. The molecule has 5 nitrogen and oxygen atoms in total. The Morgan fingerprint density at radius 3 is 2.75 bits per heavy atom. The Balaban J connectivity index is 1.23. The molecule has 5 rings (SSSR count). The van der Waals surface area contributed by atoms with Crippen molar-refractivity contribution in [2.24, 2.45) is 0 Å². The van der Waals surface area contributed by atoms with Crippen LogP contribution in [0.5, 0.6) is 0 Å². The van der Waals surface area contributed by atoms with Crippen molar-refractivity contribution in [3.05, 3.63) is 59.4 Å². The summed E-state index contributed by atoms with van der Waals surface area (Å²) in [4.78, 5) is 19.2. The fraction of sp³-hybridized carbons (Fsp3) is 0.500. The van der Waals surface area contributed by atoms with E-state index in [-0.39, 0.29) is 17.9 Å². The number of benzene rings is 2. The summed E-state index contributed by atoms with van der Waals surface area (Å²) in [6.07, 6.45) is 2.55. The summed E-state index contributed by atoms with van der Waals surface area (Å²) in [6, 6.07) is 13.7. The molecule has 0 radical (unpaired) electrons. The molecule has 0 spiro atoms. The highest BCUT2D eigenvalue weighted by molar-refractivity contribution is 5.80. The predicted octanol–water partition coefficient (Wildman–Crippen LogP) is 4.34. The topological polar surface area (TPSA) is 36.0 Å². The number of carbonyl (C=O) groups excluding carboxylic acids is 1. The highest BCUT2D eigenvalue weighted by Crippen LogP contribution is 2.50. The van der Waals surface area contributed by atoms with Crippen LogP contribution in [0.1, 0.15) is 49.3 Å². The number of hydrogen-bond acceptors (Lipinski definition) is 5. The smallest absolute Gasteiger partial charge is 0.303 e. The van der Waals surface area contributed by atoms with Crippen molar-refractivity contribution in [3.8, 4) is 0 Å². The number of halogens is 1. The molecule has 0 amide bonds. The van der Waals surface area contributed by atoms with E-state index in [0.29, 0.717) is 12.0 Å². The lowest BCUT2D eigenvalue weighted by Crippen LogP contribution is -2.49. The molecule has 0 bridgehead atoms. The van der Waals surface area contributed by atoms with Gasteiger partial charge in [0.15, 0.2) is 0 Å². The van der Waals surface area contributed by atoms with E-state index in [4.69, 9.17) is 4.74 Å². The van der Waals surface area contributed by atoms with Crippen molar-refractivity contribution in [3.63, 3.8) is 0 Å². The first-order valence-electron chi connectivity index (χ1n) is 11.8. The van der Waals surface area contributed by atoms with E-state index < -0.39 is 0 Å². The lowest BCUT2D eigenvalue weighted by Gasteiger charge is -2.41. The SMILES string of the molecule is CC(=O)OC(CCCN1CCC2C(C1)c1cccc3c1N2CCN3C)c1ccc(F)cc1. The van der Waals surface area contributed by atoms with Gasteiger partial charge in [-0.3, -0.25) is 4.79 Å². The normalized spacial score (nSPS) is 23.0. The highest BCUT2D eigenvalue weighted by Gasteiger charge is 2.44. The van der Waals surface area contributed by atoms with Gasteiger partial charge in [-0.2, -0.15) is 0 Å². The Kier molecular flexibility index (Phi) is 5.80. The van der Waals surface area contributed by atoms with Gasteiger partial charge in [-0.1, -0.05) is 24.3 Å². The van der Waals surface area contributed by atoms with Crippen molar-refractivity contribution in [2.45, 2.75) is 44.2 Å². The molecule has 32 heavy (non-hydrogen) atoms. The predicted molar refractivity (Wildman–Crippen MR) is 125 cm³/mol. The second kappa shape index (κ2) is 8.74. The average Bonchev–Trinajstić information content (AvgIpc) is 3.10. The third kappa shape index (κ3) is 3.96. The molecule has 0 saturated carbocycles. The molecule has 0 aliphatic carbocycles. The molecule has 1 saturated heterocycles. The van der Waals surface area contributed by atoms with Crippen LogP contribution in [-0.4, -0.2) is 56.7 Å². The van der Waals surface area contributed by atoms with Gasteiger partial charge in [0.25, 0.3) is 0 Å². The zero-order chi connectivity index (χ0) is 22.2. The van der Waals surface area contributed by atoms with Crippen molar-refractivity contribution in [2.75, 3.05) is 49.6 Å². The standard InChI is InChI=1S/C26H32FN3O2/c1-18(31)32-25(19-8-10-20(27)11-9-19)7-4-13-29-14-12-23-22(17-29)21-5-3-6-24-26(21)30(23)16-15-28(24)2/h3,5-6,8-11,22-23,25H,4,7,12-17H2,1-2H3. The zero-order valence-electron chi connectivity index (χ0n) is 19.0. The molecular formula is C26H32FN3O2. The number of fused-ring (bicyclic) bond motifs is 3. The Morgan fingerprint density at radius 1 is 1.16 bits per heavy atom. The quantitative estimate of drug-likeness (QED) is 0.629. The third-order valence-corrected chi connectivity index (χ3v) is 7.37. The van der Waals surface area contributed by atoms with E-state index >= 15 is 0 Å². The summed E-state index contributed by atoms with van der Waals surface area (Å²) >= 11 is 0. The molecule has 3 heterocycles. The van der Waals surface area contributed by atoms with Crippen LogP contribution in [0.2, 0.25) is 0 Å². The largest absolute Gasteiger partial charge is 0.458 e. The molecule has 170 valence electrons. The Morgan fingerprint density at radius 2 is 1.97 bits per heavy atom. The highest BCUT2D eigenvalue weighted by atomic mass is 19.1. The van der Waals surface area contributed by atoms with Crippen molar-refractivity contribution in [1.82, 2.24) is 4.90 Å². The Hall–Kier alpha value is -2.60. The fourth-order valence-corrected chi connectivity index (χ4v) is 5.85. The summed E-state index contributed by atoms with van der Waals surface area (Å²) in [5.74, 6) is -0.0111. The molecule has 3 unspecified atom stereocenters. The maximum Gasteiger partial charge on any atom is 0.303 e. The van der Waals surface area contributed by atoms with Crippen LogP contribution in [-0.2, 0) is 9.53 Å². The minimum absolute atomic E-state index is 0.276. The number of likely N-dealkylation sites (N-methyl/N-ethyl adjacent to an activating group) is 1. The molecule has 3 aliphatic heterocycles. The summed E-state index contributed by atoms with van der Waals surface area (Å²) in [7, 11) is 2.20. The number of piperidine rings is 1. The maximum atomic E-state index is 13.3. The van der Waals surface area contributed by atoms with Crippen molar-refractivity contribution < 1.29 is 13.9 Å². The molecule has 2 aromatic rings. The van der Waals surface area contributed by atoms with Gasteiger partial charge in [0.1, 0.15) is 11.9 Å². The van der Waals surface area contributed by atoms with E-state index in [1.807, 2.05) is 0 Å². The van der Waals surface area contributed by atoms with Gasteiger partial charge in [0.05, 0.1) is 11.4 Å². The molecular weight excluding hydrogens is 405 g/mol. The Bertz CT molecular complexity index is 980. The second-order valence-electron chi connectivity index (χ2n) is 9.38. The van der Waals surface area contributed by atoms with Crippen LogP contribution in [0.25, 0.3) is 0 Å². The van der Waals surface area contributed by atoms with Gasteiger partial charge in [-0.15, -0.1) is 0 Å². The first-order chi connectivity index (χ1) is 15.5. The number of para-hydroxylation sites is 1. The number of esters is 1. The third-order valence-electron chi connectivity index (χ3n) is 7.37. The van der Waals surface area contributed by atoms with E-state index in [1.165, 1.54) is 42.4 Å². The van der Waals surface area contributed by atoms with E-state index in [1.54, 1.807) is 12.1 Å². The van der Waals surface area contributed by atoms with Crippen LogP contribution in [0.15, 0.2) is 42.5 Å². The number of anilines is 2. The van der Waals surface area contributed by atoms with Gasteiger partial charge in [0.2, 0.25) is 0 Å². The van der Waals surface area contributed by atoms with Crippen LogP contribution in [0, 0.1) is 5.82 Å². The number of nitrogens with zero attached hydrogens (tertiary/aromatic N) is 3. The van der Waals surface area contributed by atoms with Crippen molar-refractivity contribution in [1.29, 1.82) is 0 Å². The van der Waals surface area contributed by atoms with Gasteiger partial charge in [-0.05, 0) is 55.1 Å². The number of hydrogen-bond donors (Lipinski definition) is 0. The van der Waals surface area contributed by atoms with E-state index in [9.17, 15) is 9.18 Å². The average molecular weight is 438 g/mol. The summed E-state index contributed by atoms with van der Waals surface area (Å²) in [5.41, 5.74) is 5.20. The van der Waals surface area contributed by atoms with E-state index in [2.05, 4.69) is 39.9 Å². The van der Waals surface area contributed by atoms with Gasteiger partial charge >= 0.3 is 5.97 Å². The minimum Gasteiger partial charge on any atom is -0.458 e. The fourth-order valence-electron chi connectivity index (χ4n) is 5.85. The maximum absolute atomic E-state index is 13.3. The monoisotopic (exact) mass is 437 g/mol. The summed E-state index contributed by atoms with van der Waals surface area (Å²) in [6.45, 7) is 6.80. The molecule has 6 heteroatoms. The van der Waals surface area contributed by atoms with Crippen molar-refractivity contribution >= 4 is 17.3 Å². The lowest BCUT2D eigenvalue weighted by molar-refractivity contribution is -0.147. The summed E-state index contributed by atoms with van der Waals surface area (Å²) < 4.78 is 18.9. The van der Waals surface area contributed by atoms with E-state index in [0.717, 1.165) is 51.1 Å². The number of rotatable bonds is 6. The van der Waals surface area contributed by atoms with Gasteiger partial charge < -0.3 is 19.4 Å². The number of ether oxygens (including phenoxy) is 1. The molecule has 2 aromatic carbocycles. The second-order valence-corrected chi connectivity index (χ2v) is 9.38. The van der Waals surface area contributed by atoms with Gasteiger partial charge in [0, 0.05) is 52.1 Å². The molecule has 3 aliphatic rings. The zero-order valence-corrected chi connectivity index (χ0v) is 19.0. The first kappa shape index (κ1) is 21.3. The van der Waals surface area contributed by atoms with Crippen LogP contribution >= 0.6 is 0 Å². The molecule has 0 N–H and O–H groups in total. The lowest BCUT2D eigenvalue weighted by atomic mass is 9.89.